The van der Waals surface area contributed by atoms with E-state index in [0.29, 0.717) is 18.0 Å². The van der Waals surface area contributed by atoms with Crippen LogP contribution in [-0.2, 0) is 0 Å². The van der Waals surface area contributed by atoms with Gasteiger partial charge < -0.3 is 5.32 Å². The molecule has 0 saturated heterocycles. The van der Waals surface area contributed by atoms with E-state index in [2.05, 4.69) is 42.6 Å². The summed E-state index contributed by atoms with van der Waals surface area (Å²) in [5, 5.41) is 3.64. The minimum Gasteiger partial charge on any atom is -0.368 e. The number of hydrogen-bond donors (Lipinski definition) is 1. The molecule has 0 amide bonds. The molecule has 1 saturated carbocycles. The first kappa shape index (κ1) is 10.8. The maximum atomic E-state index is 4.89. The molecule has 0 bridgehead atoms. The molecule has 2 aliphatic rings. The van der Waals surface area contributed by atoms with E-state index in [-0.39, 0.29) is 0 Å². The van der Waals surface area contributed by atoms with Crippen LogP contribution in [0.25, 0.3) is 0 Å². The summed E-state index contributed by atoms with van der Waals surface area (Å²) in [6.07, 6.45) is 5.26. The SMILES string of the molecule is CC(C1=N[C@H]2CCCC[C@@H]2N1)c1ccccc1. The zero-order valence-corrected chi connectivity index (χ0v) is 10.4. The van der Waals surface area contributed by atoms with Gasteiger partial charge in [-0.05, 0) is 18.4 Å². The minimum atomic E-state index is 0.404. The Balaban J connectivity index is 1.77. The Kier molecular flexibility index (Phi) is 2.87. The molecule has 1 aliphatic heterocycles. The van der Waals surface area contributed by atoms with E-state index < -0.39 is 0 Å². The summed E-state index contributed by atoms with van der Waals surface area (Å²) < 4.78 is 0. The van der Waals surface area contributed by atoms with Gasteiger partial charge in [-0.2, -0.15) is 0 Å². The fraction of sp³-hybridized carbons (Fsp3) is 0.533. The van der Waals surface area contributed by atoms with E-state index in [9.17, 15) is 0 Å². The first-order valence-electron chi connectivity index (χ1n) is 6.74. The van der Waals surface area contributed by atoms with Crippen LogP contribution in [-0.4, -0.2) is 17.9 Å². The first-order chi connectivity index (χ1) is 8.34. The molecule has 0 aromatic heterocycles. The molecule has 1 aliphatic carbocycles. The first-order valence-corrected chi connectivity index (χ1v) is 6.74. The van der Waals surface area contributed by atoms with Gasteiger partial charge in [-0.15, -0.1) is 0 Å². The van der Waals surface area contributed by atoms with Gasteiger partial charge in [0.1, 0.15) is 5.84 Å². The van der Waals surface area contributed by atoms with Crippen LogP contribution in [0.2, 0.25) is 0 Å². The molecule has 0 spiro atoms. The summed E-state index contributed by atoms with van der Waals surface area (Å²) in [5.41, 5.74) is 1.36. The fourth-order valence-electron chi connectivity index (χ4n) is 2.98. The monoisotopic (exact) mass is 228 g/mol. The van der Waals surface area contributed by atoms with Crippen molar-refractivity contribution in [3.05, 3.63) is 35.9 Å². The van der Waals surface area contributed by atoms with Crippen molar-refractivity contribution in [3.8, 4) is 0 Å². The third-order valence-electron chi connectivity index (χ3n) is 4.08. The molecule has 2 nitrogen and oxygen atoms in total. The lowest BCUT2D eigenvalue weighted by Gasteiger charge is -2.23. The second-order valence-electron chi connectivity index (χ2n) is 5.25. The topological polar surface area (TPSA) is 24.4 Å². The zero-order valence-electron chi connectivity index (χ0n) is 10.4. The molecular formula is C15H20N2. The average Bonchev–Trinajstić information content (AvgIpc) is 2.82. The Morgan fingerprint density at radius 1 is 1.18 bits per heavy atom. The van der Waals surface area contributed by atoms with Gasteiger partial charge in [0.25, 0.3) is 0 Å². The Labute approximate surface area is 103 Å². The maximum Gasteiger partial charge on any atom is 0.104 e. The molecule has 1 fully saturated rings. The van der Waals surface area contributed by atoms with Gasteiger partial charge in [0.2, 0.25) is 0 Å². The number of fused-ring (bicyclic) bond motifs is 1. The molecule has 2 heteroatoms. The van der Waals surface area contributed by atoms with Gasteiger partial charge in [0.15, 0.2) is 0 Å². The number of nitrogens with zero attached hydrogens (tertiary/aromatic N) is 1. The van der Waals surface area contributed by atoms with Crippen molar-refractivity contribution in [1.29, 1.82) is 0 Å². The molecule has 1 N–H and O–H groups in total. The van der Waals surface area contributed by atoms with Crippen LogP contribution >= 0.6 is 0 Å². The van der Waals surface area contributed by atoms with Crippen LogP contribution in [0, 0.1) is 0 Å². The fourth-order valence-corrected chi connectivity index (χ4v) is 2.98. The molecule has 3 atom stereocenters. The number of aliphatic imine (C=N–C) groups is 1. The van der Waals surface area contributed by atoms with E-state index >= 15 is 0 Å². The largest absolute Gasteiger partial charge is 0.368 e. The lowest BCUT2D eigenvalue weighted by atomic mass is 9.92. The highest BCUT2D eigenvalue weighted by molar-refractivity contribution is 5.90. The van der Waals surface area contributed by atoms with E-state index in [4.69, 9.17) is 4.99 Å². The quantitative estimate of drug-likeness (QED) is 0.826. The predicted molar refractivity (Wildman–Crippen MR) is 71.5 cm³/mol. The number of benzene rings is 1. The summed E-state index contributed by atoms with van der Waals surface area (Å²) in [6.45, 7) is 2.25. The summed E-state index contributed by atoms with van der Waals surface area (Å²) in [4.78, 5) is 4.89. The van der Waals surface area contributed by atoms with Crippen molar-refractivity contribution < 1.29 is 0 Å². The van der Waals surface area contributed by atoms with Crippen LogP contribution in [0.4, 0.5) is 0 Å². The molecule has 1 aromatic carbocycles. The molecule has 1 heterocycles. The van der Waals surface area contributed by atoms with Crippen molar-refractivity contribution in [2.24, 2.45) is 4.99 Å². The van der Waals surface area contributed by atoms with Crippen LogP contribution in [0.5, 0.6) is 0 Å². The highest BCUT2D eigenvalue weighted by Crippen LogP contribution is 2.28. The van der Waals surface area contributed by atoms with Crippen molar-refractivity contribution in [1.82, 2.24) is 5.32 Å². The summed E-state index contributed by atoms with van der Waals surface area (Å²) in [6, 6.07) is 11.8. The zero-order chi connectivity index (χ0) is 11.7. The van der Waals surface area contributed by atoms with Crippen LogP contribution in [0.3, 0.4) is 0 Å². The Morgan fingerprint density at radius 3 is 2.71 bits per heavy atom. The molecule has 17 heavy (non-hydrogen) atoms. The lowest BCUT2D eigenvalue weighted by molar-refractivity contribution is 0.384. The van der Waals surface area contributed by atoms with Gasteiger partial charge in [0.05, 0.1) is 6.04 Å². The Bertz CT molecular complexity index is 410. The van der Waals surface area contributed by atoms with Gasteiger partial charge >= 0.3 is 0 Å². The van der Waals surface area contributed by atoms with Crippen LogP contribution in [0.1, 0.15) is 44.1 Å². The van der Waals surface area contributed by atoms with Crippen molar-refractivity contribution >= 4 is 5.84 Å². The molecule has 0 radical (unpaired) electrons. The highest BCUT2D eigenvalue weighted by Gasteiger charge is 2.32. The van der Waals surface area contributed by atoms with Crippen molar-refractivity contribution in [2.45, 2.75) is 50.6 Å². The van der Waals surface area contributed by atoms with Crippen LogP contribution < -0.4 is 5.32 Å². The summed E-state index contributed by atoms with van der Waals surface area (Å²) in [5.74, 6) is 1.61. The smallest absolute Gasteiger partial charge is 0.104 e. The second-order valence-corrected chi connectivity index (χ2v) is 5.25. The van der Waals surface area contributed by atoms with E-state index in [0.717, 1.165) is 0 Å². The van der Waals surface area contributed by atoms with Gasteiger partial charge in [-0.3, -0.25) is 4.99 Å². The van der Waals surface area contributed by atoms with E-state index in [1.807, 2.05) is 0 Å². The van der Waals surface area contributed by atoms with Gasteiger partial charge in [-0.25, -0.2) is 0 Å². The van der Waals surface area contributed by atoms with Crippen LogP contribution in [0.15, 0.2) is 35.3 Å². The van der Waals surface area contributed by atoms with Gasteiger partial charge in [0, 0.05) is 12.0 Å². The Morgan fingerprint density at radius 2 is 1.94 bits per heavy atom. The molecule has 90 valence electrons. The minimum absolute atomic E-state index is 0.404. The van der Waals surface area contributed by atoms with E-state index in [1.54, 1.807) is 0 Å². The Hall–Kier alpha value is -1.31. The van der Waals surface area contributed by atoms with Crippen molar-refractivity contribution in [2.75, 3.05) is 0 Å². The molecule has 1 aromatic rings. The normalized spacial score (nSPS) is 29.1. The standard InChI is InChI=1S/C15H20N2/c1-11(12-7-3-2-4-8-12)15-16-13-9-5-6-10-14(13)17-15/h2-4,7-8,11,13-14H,5-6,9-10H2,1H3,(H,16,17)/t11?,13-,14-/m0/s1. The second kappa shape index (κ2) is 4.52. The third kappa shape index (κ3) is 2.08. The molecular weight excluding hydrogens is 208 g/mol. The van der Waals surface area contributed by atoms with E-state index in [1.165, 1.54) is 37.1 Å². The van der Waals surface area contributed by atoms with Crippen molar-refractivity contribution in [3.63, 3.8) is 0 Å². The summed E-state index contributed by atoms with van der Waals surface area (Å²) in [7, 11) is 0. The number of rotatable bonds is 2. The molecule has 3 rings (SSSR count). The number of nitrogens with one attached hydrogen (secondary N) is 1. The lowest BCUT2D eigenvalue weighted by Crippen LogP contribution is -2.38. The predicted octanol–water partition coefficient (Wildman–Crippen LogP) is 3.10. The highest BCUT2D eigenvalue weighted by atomic mass is 15.1. The number of hydrogen-bond acceptors (Lipinski definition) is 2. The molecule has 1 unspecified atom stereocenters. The maximum absolute atomic E-state index is 4.89. The van der Waals surface area contributed by atoms with Gasteiger partial charge in [-0.1, -0.05) is 50.1 Å². The number of amidine groups is 1. The third-order valence-corrected chi connectivity index (χ3v) is 4.08. The summed E-state index contributed by atoms with van der Waals surface area (Å²) >= 11 is 0. The average molecular weight is 228 g/mol.